The normalized spacial score (nSPS) is 12.7. The van der Waals surface area contributed by atoms with E-state index in [2.05, 4.69) is 9.71 Å². The van der Waals surface area contributed by atoms with Crippen LogP contribution < -0.4 is 14.9 Å². The van der Waals surface area contributed by atoms with Crippen molar-refractivity contribution in [3.05, 3.63) is 84.2 Å². The first-order valence-electron chi connectivity index (χ1n) is 10.5. The Balaban J connectivity index is 1.74. The van der Waals surface area contributed by atoms with Crippen LogP contribution in [0.1, 0.15) is 25.1 Å². The number of nitrogens with zero attached hydrogens (tertiary/aromatic N) is 1. The van der Waals surface area contributed by atoms with Crippen molar-refractivity contribution in [2.24, 2.45) is 0 Å². The minimum atomic E-state index is -4.08. The molecule has 0 aliphatic carbocycles. The lowest BCUT2D eigenvalue weighted by molar-refractivity contribution is -0.131. The summed E-state index contributed by atoms with van der Waals surface area (Å²) in [4.78, 5) is 16.6. The van der Waals surface area contributed by atoms with Crippen LogP contribution in [-0.4, -0.2) is 35.3 Å². The van der Waals surface area contributed by atoms with E-state index in [-0.39, 0.29) is 4.90 Å². The third-order valence-corrected chi connectivity index (χ3v) is 7.91. The zero-order valence-corrected chi connectivity index (χ0v) is 20.7. The highest BCUT2D eigenvalue weighted by Gasteiger charge is 2.39. The van der Waals surface area contributed by atoms with Crippen molar-refractivity contribution >= 4 is 27.7 Å². The number of benzene rings is 2. The first-order chi connectivity index (χ1) is 16.1. The van der Waals surface area contributed by atoms with E-state index in [4.69, 9.17) is 4.74 Å². The number of hydroxylamine groups is 1. The standard InChI is InChI=1S/C24H27N3O5S2/c1-17-7-9-19(10-8-17)32-20-11-13-21(14-12-20)34(30,31)27-22(23(28)26-29)24(2,3)33-16-18-6-4-5-15-25-18/h4-15,22,27,29H,16H2,1-3H3,(H,26,28)/t22-/m0/s1. The first kappa shape index (κ1) is 25.7. The number of aryl methyl sites for hydroxylation is 1. The van der Waals surface area contributed by atoms with Crippen LogP contribution in [0.3, 0.4) is 0 Å². The van der Waals surface area contributed by atoms with E-state index in [1.807, 2.05) is 43.3 Å². The average Bonchev–Trinajstić information content (AvgIpc) is 2.83. The van der Waals surface area contributed by atoms with Gasteiger partial charge in [0.05, 0.1) is 10.6 Å². The van der Waals surface area contributed by atoms with Gasteiger partial charge in [0, 0.05) is 16.7 Å². The van der Waals surface area contributed by atoms with Gasteiger partial charge in [0.15, 0.2) is 0 Å². The van der Waals surface area contributed by atoms with E-state index < -0.39 is 26.7 Å². The van der Waals surface area contributed by atoms with Gasteiger partial charge in [0.2, 0.25) is 10.0 Å². The molecule has 1 aromatic heterocycles. The van der Waals surface area contributed by atoms with Gasteiger partial charge >= 0.3 is 0 Å². The molecule has 3 N–H and O–H groups in total. The maximum atomic E-state index is 13.1. The molecule has 0 aliphatic rings. The third kappa shape index (κ3) is 6.80. The summed E-state index contributed by atoms with van der Waals surface area (Å²) >= 11 is 1.34. The molecule has 1 atom stereocenters. The van der Waals surface area contributed by atoms with Crippen LogP contribution in [0, 0.1) is 6.92 Å². The highest BCUT2D eigenvalue weighted by atomic mass is 32.2. The summed E-state index contributed by atoms with van der Waals surface area (Å²) in [7, 11) is -4.08. The highest BCUT2D eigenvalue weighted by Crippen LogP contribution is 2.32. The van der Waals surface area contributed by atoms with Crippen molar-refractivity contribution < 1.29 is 23.2 Å². The Morgan fingerprint density at radius 1 is 1.06 bits per heavy atom. The minimum Gasteiger partial charge on any atom is -0.457 e. The summed E-state index contributed by atoms with van der Waals surface area (Å²) < 4.78 is 33.4. The lowest BCUT2D eigenvalue weighted by Gasteiger charge is -2.32. The zero-order chi connectivity index (χ0) is 24.8. The fourth-order valence-electron chi connectivity index (χ4n) is 3.05. The summed E-state index contributed by atoms with van der Waals surface area (Å²) in [5, 5.41) is 9.24. The molecule has 3 aromatic rings. The highest BCUT2D eigenvalue weighted by molar-refractivity contribution is 8.00. The molecule has 0 saturated heterocycles. The maximum absolute atomic E-state index is 13.1. The minimum absolute atomic E-state index is 0.0370. The van der Waals surface area contributed by atoms with E-state index >= 15 is 0 Å². The molecular weight excluding hydrogens is 474 g/mol. The van der Waals surface area contributed by atoms with Gasteiger partial charge in [-0.1, -0.05) is 23.8 Å². The number of ether oxygens (including phenoxy) is 1. The number of pyridine rings is 1. The lowest BCUT2D eigenvalue weighted by Crippen LogP contribution is -2.55. The molecule has 0 radical (unpaired) electrons. The van der Waals surface area contributed by atoms with Crippen molar-refractivity contribution in [1.29, 1.82) is 0 Å². The number of thioether (sulfide) groups is 1. The van der Waals surface area contributed by atoms with E-state index in [0.717, 1.165) is 11.3 Å². The Morgan fingerprint density at radius 3 is 2.24 bits per heavy atom. The number of aromatic nitrogens is 1. The summed E-state index contributed by atoms with van der Waals surface area (Å²) in [5.74, 6) is 0.696. The Labute approximate surface area is 203 Å². The molecule has 1 amide bonds. The zero-order valence-electron chi connectivity index (χ0n) is 19.1. The van der Waals surface area contributed by atoms with Crippen molar-refractivity contribution in [3.8, 4) is 11.5 Å². The number of amides is 1. The first-order valence-corrected chi connectivity index (χ1v) is 12.9. The lowest BCUT2D eigenvalue weighted by atomic mass is 10.0. The molecule has 0 saturated carbocycles. The number of sulfonamides is 1. The molecule has 34 heavy (non-hydrogen) atoms. The number of hydrogen-bond acceptors (Lipinski definition) is 7. The number of carbonyl (C=O) groups excluding carboxylic acids is 1. The van der Waals surface area contributed by atoms with Crippen molar-refractivity contribution in [1.82, 2.24) is 15.2 Å². The quantitative estimate of drug-likeness (QED) is 0.283. The number of rotatable bonds is 10. The summed E-state index contributed by atoms with van der Waals surface area (Å²) in [6.45, 7) is 5.42. The molecule has 1 heterocycles. The smallest absolute Gasteiger partial charge is 0.262 e. The van der Waals surface area contributed by atoms with E-state index in [9.17, 15) is 18.4 Å². The molecular formula is C24H27N3O5S2. The third-order valence-electron chi connectivity index (χ3n) is 5.05. The van der Waals surface area contributed by atoms with Crippen molar-refractivity contribution in [3.63, 3.8) is 0 Å². The Kier molecular flexibility index (Phi) is 8.32. The molecule has 3 rings (SSSR count). The second-order valence-electron chi connectivity index (χ2n) is 8.13. The van der Waals surface area contributed by atoms with Gasteiger partial charge in [-0.05, 0) is 69.3 Å². The van der Waals surface area contributed by atoms with E-state index in [0.29, 0.717) is 17.3 Å². The summed E-state index contributed by atoms with van der Waals surface area (Å²) in [5.41, 5.74) is 3.46. The number of hydrogen-bond donors (Lipinski definition) is 3. The van der Waals surface area contributed by atoms with E-state index in [1.54, 1.807) is 31.6 Å². The Hall–Kier alpha value is -2.92. The number of carbonyl (C=O) groups is 1. The predicted octanol–water partition coefficient (Wildman–Crippen LogP) is 4.05. The summed E-state index contributed by atoms with van der Waals surface area (Å²) in [6, 6.07) is 17.6. The van der Waals surface area contributed by atoms with Crippen LogP contribution >= 0.6 is 11.8 Å². The maximum Gasteiger partial charge on any atom is 0.262 e. The van der Waals surface area contributed by atoms with Crippen molar-refractivity contribution in [2.45, 2.75) is 42.2 Å². The van der Waals surface area contributed by atoms with Gasteiger partial charge in [0.25, 0.3) is 5.91 Å². The van der Waals surface area contributed by atoms with Crippen LogP contribution in [-0.2, 0) is 20.6 Å². The molecule has 0 spiro atoms. The largest absolute Gasteiger partial charge is 0.457 e. The molecule has 8 nitrogen and oxygen atoms in total. The topological polar surface area (TPSA) is 118 Å². The van der Waals surface area contributed by atoms with Crippen LogP contribution in [0.2, 0.25) is 0 Å². The Bertz CT molecular complexity index is 1200. The molecule has 10 heteroatoms. The molecule has 2 aromatic carbocycles. The van der Waals surface area contributed by atoms with Gasteiger partial charge in [-0.3, -0.25) is 15.0 Å². The molecule has 0 fully saturated rings. The van der Waals surface area contributed by atoms with Gasteiger partial charge in [-0.2, -0.15) is 4.72 Å². The fraction of sp³-hybridized carbons (Fsp3) is 0.250. The van der Waals surface area contributed by atoms with Gasteiger partial charge < -0.3 is 4.74 Å². The van der Waals surface area contributed by atoms with Crippen LogP contribution in [0.5, 0.6) is 11.5 Å². The molecule has 0 unspecified atom stereocenters. The Morgan fingerprint density at radius 2 is 1.68 bits per heavy atom. The average molecular weight is 502 g/mol. The fourth-order valence-corrected chi connectivity index (χ4v) is 5.50. The van der Waals surface area contributed by atoms with Crippen LogP contribution in [0.15, 0.2) is 77.8 Å². The monoisotopic (exact) mass is 501 g/mol. The van der Waals surface area contributed by atoms with Gasteiger partial charge in [0.1, 0.15) is 17.5 Å². The number of nitrogens with one attached hydrogen (secondary N) is 2. The molecule has 0 aliphatic heterocycles. The predicted molar refractivity (Wildman–Crippen MR) is 131 cm³/mol. The molecule has 180 valence electrons. The van der Waals surface area contributed by atoms with Gasteiger partial charge in [-0.25, -0.2) is 13.9 Å². The van der Waals surface area contributed by atoms with E-state index in [1.165, 1.54) is 36.0 Å². The van der Waals surface area contributed by atoms with Crippen molar-refractivity contribution in [2.75, 3.05) is 0 Å². The summed E-state index contributed by atoms with van der Waals surface area (Å²) in [6.07, 6.45) is 1.66. The molecule has 0 bridgehead atoms. The second-order valence-corrected chi connectivity index (χ2v) is 11.5. The van der Waals surface area contributed by atoms with Crippen LogP contribution in [0.25, 0.3) is 0 Å². The van der Waals surface area contributed by atoms with Crippen LogP contribution in [0.4, 0.5) is 0 Å². The van der Waals surface area contributed by atoms with Gasteiger partial charge in [-0.15, -0.1) is 11.8 Å². The SMILES string of the molecule is Cc1ccc(Oc2ccc(S(=O)(=O)N[C@@H](C(=O)NO)C(C)(C)SCc3ccccn3)cc2)cc1. The second kappa shape index (κ2) is 11.0.